The average molecular weight is 371 g/mol. The van der Waals surface area contributed by atoms with Gasteiger partial charge in [-0.05, 0) is 26.8 Å². The standard InChI is InChI=1S/C19H22FN5O2/c1-5-23-11(2)12(3)25-15-16(21-18(23)25)22(4)19(27)24(17(15)26)10-13-8-6-7-9-14(13)20/h6-9,15-16H,5,10H2,1-4H3. The second-order valence-corrected chi connectivity index (χ2v) is 6.98. The lowest BCUT2D eigenvalue weighted by Gasteiger charge is -2.40. The number of carbonyl (C=O) groups excluding carboxylic acids is 2. The Labute approximate surface area is 157 Å². The molecule has 0 aliphatic carbocycles. The maximum Gasteiger partial charge on any atom is 0.328 e. The Morgan fingerprint density at radius 2 is 1.81 bits per heavy atom. The van der Waals surface area contributed by atoms with E-state index in [0.29, 0.717) is 11.5 Å². The van der Waals surface area contributed by atoms with E-state index in [-0.39, 0.29) is 12.5 Å². The van der Waals surface area contributed by atoms with Crippen molar-refractivity contribution in [3.05, 3.63) is 47.0 Å². The van der Waals surface area contributed by atoms with E-state index in [9.17, 15) is 14.0 Å². The minimum absolute atomic E-state index is 0.0969. The first kappa shape index (κ1) is 17.5. The molecule has 142 valence electrons. The Morgan fingerprint density at radius 3 is 2.48 bits per heavy atom. The summed E-state index contributed by atoms with van der Waals surface area (Å²) in [6.45, 7) is 6.59. The first-order valence-electron chi connectivity index (χ1n) is 9.00. The first-order chi connectivity index (χ1) is 12.9. The molecule has 0 radical (unpaired) electrons. The third kappa shape index (κ3) is 2.35. The van der Waals surface area contributed by atoms with Crippen LogP contribution < -0.4 is 0 Å². The van der Waals surface area contributed by atoms with Crippen molar-refractivity contribution in [1.82, 2.24) is 19.6 Å². The number of guanidine groups is 1. The van der Waals surface area contributed by atoms with E-state index < -0.39 is 24.1 Å². The van der Waals surface area contributed by atoms with Gasteiger partial charge in [0.2, 0.25) is 5.96 Å². The van der Waals surface area contributed by atoms with Crippen molar-refractivity contribution in [1.29, 1.82) is 0 Å². The van der Waals surface area contributed by atoms with Gasteiger partial charge in [-0.25, -0.2) is 14.2 Å². The summed E-state index contributed by atoms with van der Waals surface area (Å²) in [6.07, 6.45) is -0.575. The van der Waals surface area contributed by atoms with Crippen LogP contribution in [0.3, 0.4) is 0 Å². The molecule has 8 heteroatoms. The van der Waals surface area contributed by atoms with Gasteiger partial charge in [-0.1, -0.05) is 18.2 Å². The second-order valence-electron chi connectivity index (χ2n) is 6.98. The maximum atomic E-state index is 14.1. The van der Waals surface area contributed by atoms with Crippen LogP contribution in [0.15, 0.2) is 40.7 Å². The predicted molar refractivity (Wildman–Crippen MR) is 97.7 cm³/mol. The molecular weight excluding hydrogens is 349 g/mol. The van der Waals surface area contributed by atoms with Gasteiger partial charge in [-0.15, -0.1) is 0 Å². The van der Waals surface area contributed by atoms with E-state index in [0.717, 1.165) is 22.8 Å². The lowest BCUT2D eigenvalue weighted by atomic mass is 10.1. The molecule has 2 atom stereocenters. The molecule has 1 fully saturated rings. The molecule has 0 bridgehead atoms. The zero-order valence-corrected chi connectivity index (χ0v) is 15.8. The predicted octanol–water partition coefficient (Wildman–Crippen LogP) is 2.17. The summed E-state index contributed by atoms with van der Waals surface area (Å²) in [5, 5.41) is 0. The van der Waals surface area contributed by atoms with Crippen molar-refractivity contribution < 1.29 is 14.0 Å². The van der Waals surface area contributed by atoms with Crippen molar-refractivity contribution in [3.8, 4) is 0 Å². The highest BCUT2D eigenvalue weighted by Crippen LogP contribution is 2.37. The molecule has 1 saturated heterocycles. The molecule has 4 rings (SSSR count). The van der Waals surface area contributed by atoms with Crippen LogP contribution in [0.4, 0.5) is 9.18 Å². The number of amides is 3. The number of imide groups is 1. The zero-order chi connectivity index (χ0) is 19.5. The van der Waals surface area contributed by atoms with E-state index in [4.69, 9.17) is 0 Å². The number of benzene rings is 1. The van der Waals surface area contributed by atoms with Gasteiger partial charge in [-0.3, -0.25) is 14.6 Å². The van der Waals surface area contributed by atoms with Crippen molar-refractivity contribution in [3.63, 3.8) is 0 Å². The summed E-state index contributed by atoms with van der Waals surface area (Å²) in [6, 6.07) is 5.10. The van der Waals surface area contributed by atoms with Crippen molar-refractivity contribution in [2.75, 3.05) is 13.6 Å². The van der Waals surface area contributed by atoms with E-state index in [1.807, 2.05) is 30.6 Å². The number of likely N-dealkylation sites (N-methyl/N-ethyl adjacent to an activating group) is 1. The Bertz CT molecular complexity index is 896. The van der Waals surface area contributed by atoms with Crippen LogP contribution in [0.5, 0.6) is 0 Å². The minimum atomic E-state index is -0.624. The summed E-state index contributed by atoms with van der Waals surface area (Å²) in [7, 11) is 1.63. The fourth-order valence-corrected chi connectivity index (χ4v) is 4.00. The van der Waals surface area contributed by atoms with Crippen LogP contribution in [0.2, 0.25) is 0 Å². The Balaban J connectivity index is 1.70. The van der Waals surface area contributed by atoms with Gasteiger partial charge in [0.1, 0.15) is 5.82 Å². The molecule has 3 aliphatic rings. The maximum absolute atomic E-state index is 14.1. The van der Waals surface area contributed by atoms with Gasteiger partial charge in [0.15, 0.2) is 12.2 Å². The third-order valence-electron chi connectivity index (χ3n) is 5.61. The number of aliphatic imine (C=N–C) groups is 1. The Hall–Kier alpha value is -2.90. The first-order valence-corrected chi connectivity index (χ1v) is 9.00. The van der Waals surface area contributed by atoms with E-state index >= 15 is 0 Å². The van der Waals surface area contributed by atoms with Crippen LogP contribution in [0.1, 0.15) is 26.3 Å². The Kier molecular flexibility index (Phi) is 3.94. The van der Waals surface area contributed by atoms with Gasteiger partial charge in [0.05, 0.1) is 6.54 Å². The number of hydrogen-bond acceptors (Lipinski definition) is 5. The topological polar surface area (TPSA) is 59.5 Å². The van der Waals surface area contributed by atoms with E-state index in [1.54, 1.807) is 25.2 Å². The highest BCUT2D eigenvalue weighted by molar-refractivity contribution is 6.05. The summed E-state index contributed by atoms with van der Waals surface area (Å²) in [4.78, 5) is 37.3. The highest BCUT2D eigenvalue weighted by atomic mass is 19.1. The highest BCUT2D eigenvalue weighted by Gasteiger charge is 2.55. The van der Waals surface area contributed by atoms with Crippen molar-refractivity contribution in [2.45, 2.75) is 39.5 Å². The summed E-state index contributed by atoms with van der Waals surface area (Å²) in [5.41, 5.74) is 2.30. The number of fused-ring (bicyclic) bond motifs is 3. The van der Waals surface area contributed by atoms with Gasteiger partial charge in [-0.2, -0.15) is 0 Å². The van der Waals surface area contributed by atoms with Crippen LogP contribution in [0, 0.1) is 5.82 Å². The largest absolute Gasteiger partial charge is 0.328 e. The molecule has 0 N–H and O–H groups in total. The molecule has 3 heterocycles. The number of urea groups is 1. The molecule has 1 aromatic carbocycles. The molecule has 27 heavy (non-hydrogen) atoms. The fraction of sp³-hybridized carbons (Fsp3) is 0.421. The van der Waals surface area contributed by atoms with Crippen molar-refractivity contribution in [2.24, 2.45) is 4.99 Å². The normalized spacial score (nSPS) is 24.7. The zero-order valence-electron chi connectivity index (χ0n) is 15.8. The summed E-state index contributed by atoms with van der Waals surface area (Å²) < 4.78 is 14.1. The number of halogens is 1. The molecule has 3 amide bonds. The van der Waals surface area contributed by atoms with Gasteiger partial charge < -0.3 is 9.80 Å². The number of hydrogen-bond donors (Lipinski definition) is 0. The van der Waals surface area contributed by atoms with Gasteiger partial charge >= 0.3 is 6.03 Å². The fourth-order valence-electron chi connectivity index (χ4n) is 4.00. The molecule has 0 spiro atoms. The smallest absolute Gasteiger partial charge is 0.315 e. The van der Waals surface area contributed by atoms with Crippen LogP contribution in [0.25, 0.3) is 0 Å². The molecule has 0 saturated carbocycles. The average Bonchev–Trinajstić information content (AvgIpc) is 3.14. The van der Waals surface area contributed by atoms with Gasteiger partial charge in [0.25, 0.3) is 5.91 Å². The Morgan fingerprint density at radius 1 is 1.11 bits per heavy atom. The number of carbonyl (C=O) groups is 2. The monoisotopic (exact) mass is 371 g/mol. The van der Waals surface area contributed by atoms with E-state index in [1.165, 1.54) is 11.0 Å². The summed E-state index contributed by atoms with van der Waals surface area (Å²) >= 11 is 0. The van der Waals surface area contributed by atoms with E-state index in [2.05, 4.69) is 4.99 Å². The molecule has 1 aromatic rings. The summed E-state index contributed by atoms with van der Waals surface area (Å²) in [5.74, 6) is -0.0880. The lowest BCUT2D eigenvalue weighted by Crippen LogP contribution is -2.64. The molecule has 2 unspecified atom stereocenters. The lowest BCUT2D eigenvalue weighted by molar-refractivity contribution is -0.137. The molecule has 3 aliphatic heterocycles. The molecule has 0 aromatic heterocycles. The van der Waals surface area contributed by atoms with Crippen LogP contribution in [-0.4, -0.2) is 63.3 Å². The van der Waals surface area contributed by atoms with Gasteiger partial charge in [0, 0.05) is 30.5 Å². The van der Waals surface area contributed by atoms with Crippen LogP contribution in [-0.2, 0) is 11.3 Å². The molecular formula is C19H22FN5O2. The van der Waals surface area contributed by atoms with Crippen molar-refractivity contribution >= 4 is 17.9 Å². The number of nitrogens with zero attached hydrogens (tertiary/aromatic N) is 5. The van der Waals surface area contributed by atoms with Crippen LogP contribution >= 0.6 is 0 Å². The quantitative estimate of drug-likeness (QED) is 0.817. The minimum Gasteiger partial charge on any atom is -0.315 e. The number of allylic oxidation sites excluding steroid dienone is 2. The third-order valence-corrected chi connectivity index (χ3v) is 5.61. The SMILES string of the molecule is CCN1C2=NC3C(C(=O)N(Cc4ccccc4F)C(=O)N3C)N2C(C)=C1C. The number of rotatable bonds is 3. The second kappa shape index (κ2) is 6.07. The molecule has 7 nitrogen and oxygen atoms in total.